The first-order chi connectivity index (χ1) is 9.25. The zero-order valence-corrected chi connectivity index (χ0v) is 12.3. The van der Waals surface area contributed by atoms with Crippen molar-refractivity contribution in [1.82, 2.24) is 15.1 Å². The molecule has 0 saturated carbocycles. The Kier molecular flexibility index (Phi) is 3.93. The van der Waals surface area contributed by atoms with Crippen LogP contribution in [-0.2, 0) is 9.53 Å². The number of carbonyl (C=O) groups excluding carboxylic acids is 2. The van der Waals surface area contributed by atoms with Gasteiger partial charge in [0.25, 0.3) is 0 Å². The van der Waals surface area contributed by atoms with Crippen molar-refractivity contribution in [3.63, 3.8) is 0 Å². The maximum Gasteiger partial charge on any atom is 0.410 e. The highest BCUT2D eigenvalue weighted by atomic mass is 16.6. The largest absolute Gasteiger partial charge is 0.444 e. The third-order valence-corrected chi connectivity index (χ3v) is 3.47. The van der Waals surface area contributed by atoms with Crippen LogP contribution >= 0.6 is 0 Å². The van der Waals surface area contributed by atoms with Crippen LogP contribution < -0.4 is 5.32 Å². The number of carbonyl (C=O) groups is 2. The summed E-state index contributed by atoms with van der Waals surface area (Å²) < 4.78 is 5.31. The summed E-state index contributed by atoms with van der Waals surface area (Å²) in [6, 6.07) is 0. The highest BCUT2D eigenvalue weighted by Crippen LogP contribution is 2.26. The second-order valence-electron chi connectivity index (χ2n) is 6.51. The number of ether oxygens (including phenoxy) is 1. The Labute approximate surface area is 118 Å². The molecule has 2 N–H and O–H groups in total. The van der Waals surface area contributed by atoms with Crippen molar-refractivity contribution in [2.24, 2.45) is 0 Å². The molecule has 0 aromatic heterocycles. The van der Waals surface area contributed by atoms with Gasteiger partial charge in [-0.2, -0.15) is 0 Å². The molecule has 2 aliphatic heterocycles. The molecule has 7 heteroatoms. The lowest BCUT2D eigenvalue weighted by atomic mass is 9.87. The first kappa shape index (κ1) is 15.1. The molecule has 114 valence electrons. The highest BCUT2D eigenvalue weighted by Gasteiger charge is 2.50. The number of hydrogen-bond acceptors (Lipinski definition) is 5. The van der Waals surface area contributed by atoms with Gasteiger partial charge in [-0.15, -0.1) is 0 Å². The summed E-state index contributed by atoms with van der Waals surface area (Å²) >= 11 is 0. The van der Waals surface area contributed by atoms with Crippen LogP contribution in [0.3, 0.4) is 0 Å². The number of nitrogens with one attached hydrogen (secondary N) is 1. The number of nitrogens with zero attached hydrogens (tertiary/aromatic N) is 2. The van der Waals surface area contributed by atoms with Crippen molar-refractivity contribution in [2.75, 3.05) is 39.3 Å². The number of β-amino-alcohol motifs (C(OH)–C–C–N with tert-alkyl or cyclic N) is 1. The average Bonchev–Trinajstić information content (AvgIpc) is 2.27. The maximum atomic E-state index is 11.9. The Balaban J connectivity index is 1.88. The molecule has 7 nitrogen and oxygen atoms in total. The van der Waals surface area contributed by atoms with Crippen LogP contribution in [0, 0.1) is 0 Å². The van der Waals surface area contributed by atoms with Gasteiger partial charge in [0.1, 0.15) is 5.60 Å². The second-order valence-corrected chi connectivity index (χ2v) is 6.51. The lowest BCUT2D eigenvalue weighted by Crippen LogP contribution is -2.78. The molecule has 2 aliphatic rings. The minimum Gasteiger partial charge on any atom is -0.444 e. The molecule has 0 aliphatic carbocycles. The first-order valence-corrected chi connectivity index (χ1v) is 6.86. The summed E-state index contributed by atoms with van der Waals surface area (Å²) in [6.45, 7) is 7.62. The predicted molar refractivity (Wildman–Crippen MR) is 72.2 cm³/mol. The van der Waals surface area contributed by atoms with E-state index in [1.165, 1.54) is 0 Å². The smallest absolute Gasteiger partial charge is 0.410 e. The van der Waals surface area contributed by atoms with Crippen LogP contribution in [0.5, 0.6) is 0 Å². The summed E-state index contributed by atoms with van der Waals surface area (Å²) in [5.41, 5.74) is -0.751. The number of aliphatic hydroxyl groups excluding tert-OH is 1. The van der Waals surface area contributed by atoms with Gasteiger partial charge >= 0.3 is 6.09 Å². The van der Waals surface area contributed by atoms with Gasteiger partial charge in [0.2, 0.25) is 5.91 Å². The van der Waals surface area contributed by atoms with Gasteiger partial charge in [0, 0.05) is 26.2 Å². The van der Waals surface area contributed by atoms with Crippen molar-refractivity contribution < 1.29 is 19.4 Å². The van der Waals surface area contributed by atoms with E-state index in [0.29, 0.717) is 26.2 Å². The summed E-state index contributed by atoms with van der Waals surface area (Å²) in [7, 11) is 0. The molecule has 2 fully saturated rings. The van der Waals surface area contributed by atoms with E-state index >= 15 is 0 Å². The van der Waals surface area contributed by atoms with E-state index in [1.54, 1.807) is 9.80 Å². The number of likely N-dealkylation sites (tertiary alicyclic amines) is 1. The topological polar surface area (TPSA) is 82.1 Å². The van der Waals surface area contributed by atoms with Crippen molar-refractivity contribution >= 4 is 12.0 Å². The van der Waals surface area contributed by atoms with Crippen molar-refractivity contribution in [3.05, 3.63) is 0 Å². The van der Waals surface area contributed by atoms with Gasteiger partial charge in [0.05, 0.1) is 18.7 Å². The van der Waals surface area contributed by atoms with Crippen LogP contribution in [0.1, 0.15) is 20.8 Å². The van der Waals surface area contributed by atoms with E-state index in [0.717, 1.165) is 0 Å². The fourth-order valence-electron chi connectivity index (χ4n) is 2.56. The van der Waals surface area contributed by atoms with E-state index < -0.39 is 5.60 Å². The number of piperazine rings is 1. The molecule has 20 heavy (non-hydrogen) atoms. The predicted octanol–water partition coefficient (Wildman–Crippen LogP) is -0.600. The quantitative estimate of drug-likeness (QED) is 0.708. The average molecular weight is 285 g/mol. The summed E-state index contributed by atoms with van der Waals surface area (Å²) in [4.78, 5) is 26.8. The normalized spacial score (nSPS) is 21.9. The molecule has 0 unspecified atom stereocenters. The SMILES string of the molecule is CC(C)(C)OC(=O)N1CC2(CN(CCO)C(=O)CN2)C1. The Morgan fingerprint density at radius 3 is 2.60 bits per heavy atom. The molecular formula is C13H23N3O4. The van der Waals surface area contributed by atoms with Crippen LogP contribution in [0.2, 0.25) is 0 Å². The van der Waals surface area contributed by atoms with Crippen LogP contribution in [-0.4, -0.2) is 77.4 Å². The van der Waals surface area contributed by atoms with Crippen molar-refractivity contribution in [1.29, 1.82) is 0 Å². The van der Waals surface area contributed by atoms with Crippen molar-refractivity contribution in [2.45, 2.75) is 31.9 Å². The summed E-state index contributed by atoms with van der Waals surface area (Å²) in [5, 5.41) is 12.2. The fraction of sp³-hybridized carbons (Fsp3) is 0.846. The zero-order valence-electron chi connectivity index (χ0n) is 12.3. The standard InChI is InChI=1S/C13H23N3O4/c1-12(2,3)20-11(19)16-8-13(9-16)7-15(4-5-17)10(18)6-14-13/h14,17H,4-9H2,1-3H3. The van der Waals surface area contributed by atoms with E-state index in [-0.39, 0.29) is 30.7 Å². The third-order valence-electron chi connectivity index (χ3n) is 3.47. The molecule has 0 atom stereocenters. The van der Waals surface area contributed by atoms with Gasteiger partial charge in [-0.3, -0.25) is 10.1 Å². The first-order valence-electron chi connectivity index (χ1n) is 6.86. The fourth-order valence-corrected chi connectivity index (χ4v) is 2.56. The third kappa shape index (κ3) is 3.21. The molecule has 2 amide bonds. The minimum absolute atomic E-state index is 0.0135. The Hall–Kier alpha value is -1.34. The number of hydrogen-bond donors (Lipinski definition) is 2. The molecule has 1 spiro atoms. The summed E-state index contributed by atoms with van der Waals surface area (Å²) in [6.07, 6.45) is -0.324. The molecule has 2 rings (SSSR count). The van der Waals surface area contributed by atoms with Gasteiger partial charge in [-0.05, 0) is 20.8 Å². The molecule has 0 radical (unpaired) electrons. The van der Waals surface area contributed by atoms with E-state index in [4.69, 9.17) is 9.84 Å². The summed E-state index contributed by atoms with van der Waals surface area (Å²) in [5.74, 6) is -0.0135. The molecule has 2 saturated heterocycles. The van der Waals surface area contributed by atoms with Crippen LogP contribution in [0.25, 0.3) is 0 Å². The Bertz CT molecular complexity index is 399. The van der Waals surface area contributed by atoms with Crippen LogP contribution in [0.4, 0.5) is 4.79 Å². The second kappa shape index (κ2) is 5.21. The van der Waals surface area contributed by atoms with Gasteiger partial charge in [-0.1, -0.05) is 0 Å². The van der Waals surface area contributed by atoms with Crippen LogP contribution in [0.15, 0.2) is 0 Å². The molecule has 2 heterocycles. The maximum absolute atomic E-state index is 11.9. The van der Waals surface area contributed by atoms with E-state index in [1.807, 2.05) is 20.8 Å². The minimum atomic E-state index is -0.501. The van der Waals surface area contributed by atoms with E-state index in [2.05, 4.69) is 5.32 Å². The zero-order chi connectivity index (χ0) is 15.0. The number of rotatable bonds is 2. The Morgan fingerprint density at radius 2 is 2.05 bits per heavy atom. The molecule has 0 aromatic rings. The van der Waals surface area contributed by atoms with Gasteiger partial charge < -0.3 is 19.6 Å². The lowest BCUT2D eigenvalue weighted by Gasteiger charge is -2.54. The van der Waals surface area contributed by atoms with Gasteiger partial charge in [-0.25, -0.2) is 4.79 Å². The van der Waals surface area contributed by atoms with Gasteiger partial charge in [0.15, 0.2) is 0 Å². The number of amides is 2. The molecule has 0 bridgehead atoms. The van der Waals surface area contributed by atoms with Crippen molar-refractivity contribution in [3.8, 4) is 0 Å². The Morgan fingerprint density at radius 1 is 1.40 bits per heavy atom. The lowest BCUT2D eigenvalue weighted by molar-refractivity contribution is -0.138. The monoisotopic (exact) mass is 285 g/mol. The van der Waals surface area contributed by atoms with E-state index in [9.17, 15) is 9.59 Å². The molecule has 0 aromatic carbocycles. The highest BCUT2D eigenvalue weighted by molar-refractivity contribution is 5.80. The number of aliphatic hydroxyl groups is 1. The molecular weight excluding hydrogens is 262 g/mol.